The highest BCUT2D eigenvalue weighted by Crippen LogP contribution is 2.32. The Morgan fingerprint density at radius 1 is 1.23 bits per heavy atom. The summed E-state index contributed by atoms with van der Waals surface area (Å²) in [6.07, 6.45) is 0. The molecule has 1 aromatic carbocycles. The van der Waals surface area contributed by atoms with E-state index in [-0.39, 0.29) is 0 Å². The summed E-state index contributed by atoms with van der Waals surface area (Å²) in [5, 5.41) is 9.63. The summed E-state index contributed by atoms with van der Waals surface area (Å²) in [6, 6.07) is 5.57. The van der Waals surface area contributed by atoms with Gasteiger partial charge in [0.05, 0.1) is 0 Å². The number of benzene rings is 1. The van der Waals surface area contributed by atoms with E-state index in [0.29, 0.717) is 17.6 Å². The maximum Gasteiger partial charge on any atom is 0.119 e. The molecule has 1 N–H and O–H groups in total. The molecule has 0 aliphatic carbocycles. The van der Waals surface area contributed by atoms with Crippen LogP contribution in [0.2, 0.25) is 0 Å². The van der Waals surface area contributed by atoms with Gasteiger partial charge >= 0.3 is 0 Å². The molecule has 1 aromatic rings. The molecule has 0 amide bonds. The Labute approximate surface area is 87.9 Å². The lowest BCUT2D eigenvalue weighted by Crippen LogP contribution is -2.02. The molecule has 0 aliphatic rings. The van der Waals surface area contributed by atoms with Gasteiger partial charge in [0.15, 0.2) is 0 Å². The van der Waals surface area contributed by atoms with E-state index in [1.807, 2.05) is 12.1 Å². The second kappa shape index (κ2) is 4.14. The molecule has 0 bridgehead atoms. The van der Waals surface area contributed by atoms with E-state index in [1.54, 1.807) is 6.07 Å². The Balaban J connectivity index is 3.05. The third kappa shape index (κ3) is 2.47. The van der Waals surface area contributed by atoms with Crippen LogP contribution in [0.25, 0.3) is 0 Å². The first-order valence-electron chi connectivity index (χ1n) is 4.50. The maximum atomic E-state index is 9.63. The van der Waals surface area contributed by atoms with Crippen LogP contribution in [0.15, 0.2) is 22.7 Å². The Morgan fingerprint density at radius 2 is 1.85 bits per heavy atom. The van der Waals surface area contributed by atoms with Gasteiger partial charge in [-0.2, -0.15) is 0 Å². The first-order chi connectivity index (χ1) is 6.02. The van der Waals surface area contributed by atoms with Crippen molar-refractivity contribution >= 4 is 15.9 Å². The second-order valence-corrected chi connectivity index (χ2v) is 4.65. The van der Waals surface area contributed by atoms with E-state index in [9.17, 15) is 5.11 Å². The number of phenols is 1. The normalized spacial score (nSPS) is 13.3. The van der Waals surface area contributed by atoms with Gasteiger partial charge in [0.1, 0.15) is 5.75 Å². The molecule has 0 aromatic heterocycles. The Hall–Kier alpha value is -0.500. The van der Waals surface area contributed by atoms with Crippen molar-refractivity contribution in [3.63, 3.8) is 0 Å². The highest BCUT2D eigenvalue weighted by Gasteiger charge is 2.13. The fraction of sp³-hybridized carbons (Fsp3) is 0.455. The fourth-order valence-corrected chi connectivity index (χ4v) is 1.63. The summed E-state index contributed by atoms with van der Waals surface area (Å²) in [5.41, 5.74) is 1.02. The van der Waals surface area contributed by atoms with Gasteiger partial charge in [-0.25, -0.2) is 0 Å². The molecule has 13 heavy (non-hydrogen) atoms. The van der Waals surface area contributed by atoms with E-state index in [1.165, 1.54) is 0 Å². The van der Waals surface area contributed by atoms with Crippen LogP contribution in [0.4, 0.5) is 0 Å². The van der Waals surface area contributed by atoms with Crippen LogP contribution in [0, 0.1) is 5.92 Å². The molecular formula is C11H15BrO. The number of rotatable bonds is 2. The topological polar surface area (TPSA) is 20.2 Å². The van der Waals surface area contributed by atoms with Crippen molar-refractivity contribution in [2.45, 2.75) is 26.7 Å². The minimum atomic E-state index is 0.387. The van der Waals surface area contributed by atoms with Gasteiger partial charge in [0.2, 0.25) is 0 Å². The zero-order valence-corrected chi connectivity index (χ0v) is 9.80. The van der Waals surface area contributed by atoms with Crippen molar-refractivity contribution in [2.24, 2.45) is 5.92 Å². The number of hydrogen-bond acceptors (Lipinski definition) is 1. The van der Waals surface area contributed by atoms with Crippen molar-refractivity contribution in [1.29, 1.82) is 0 Å². The van der Waals surface area contributed by atoms with E-state index >= 15 is 0 Å². The lowest BCUT2D eigenvalue weighted by atomic mass is 9.90. The third-order valence-electron chi connectivity index (χ3n) is 2.48. The SMILES string of the molecule is CC(C)C(C)c1cc(Br)ccc1O. The molecule has 1 rings (SSSR count). The molecule has 0 spiro atoms. The number of hydrogen-bond donors (Lipinski definition) is 1. The zero-order chi connectivity index (χ0) is 10.0. The van der Waals surface area contributed by atoms with Gasteiger partial charge < -0.3 is 5.11 Å². The van der Waals surface area contributed by atoms with Gasteiger partial charge in [-0.3, -0.25) is 0 Å². The lowest BCUT2D eigenvalue weighted by molar-refractivity contribution is 0.445. The van der Waals surface area contributed by atoms with Crippen molar-refractivity contribution in [3.05, 3.63) is 28.2 Å². The average Bonchev–Trinajstić information content (AvgIpc) is 2.08. The predicted octanol–water partition coefficient (Wildman–Crippen LogP) is 3.91. The van der Waals surface area contributed by atoms with Gasteiger partial charge in [-0.1, -0.05) is 36.7 Å². The smallest absolute Gasteiger partial charge is 0.119 e. The number of aromatic hydroxyl groups is 1. The summed E-state index contributed by atoms with van der Waals surface area (Å²) < 4.78 is 1.02. The minimum Gasteiger partial charge on any atom is -0.508 e. The lowest BCUT2D eigenvalue weighted by Gasteiger charge is -2.17. The summed E-state index contributed by atoms with van der Waals surface area (Å²) in [4.78, 5) is 0. The van der Waals surface area contributed by atoms with Crippen LogP contribution >= 0.6 is 15.9 Å². The first kappa shape index (κ1) is 10.6. The van der Waals surface area contributed by atoms with E-state index in [2.05, 4.69) is 36.7 Å². The predicted molar refractivity (Wildman–Crippen MR) is 59.1 cm³/mol. The summed E-state index contributed by atoms with van der Waals surface area (Å²) >= 11 is 3.40. The quantitative estimate of drug-likeness (QED) is 0.834. The monoisotopic (exact) mass is 242 g/mol. The summed E-state index contributed by atoms with van der Waals surface area (Å²) in [5.74, 6) is 1.32. The van der Waals surface area contributed by atoms with Crippen LogP contribution in [0.1, 0.15) is 32.3 Å². The highest BCUT2D eigenvalue weighted by molar-refractivity contribution is 9.10. The largest absolute Gasteiger partial charge is 0.508 e. The molecule has 0 aliphatic heterocycles. The fourth-order valence-electron chi connectivity index (χ4n) is 1.25. The summed E-state index contributed by atoms with van der Waals surface area (Å²) in [7, 11) is 0. The third-order valence-corrected chi connectivity index (χ3v) is 2.97. The molecule has 0 heterocycles. The van der Waals surface area contributed by atoms with Crippen LogP contribution < -0.4 is 0 Å². The zero-order valence-electron chi connectivity index (χ0n) is 8.21. The molecule has 0 saturated carbocycles. The van der Waals surface area contributed by atoms with E-state index in [0.717, 1.165) is 10.0 Å². The molecular weight excluding hydrogens is 228 g/mol. The van der Waals surface area contributed by atoms with Crippen molar-refractivity contribution in [2.75, 3.05) is 0 Å². The van der Waals surface area contributed by atoms with Gasteiger partial charge in [0.25, 0.3) is 0 Å². The van der Waals surface area contributed by atoms with Gasteiger partial charge in [0, 0.05) is 4.47 Å². The van der Waals surface area contributed by atoms with E-state index < -0.39 is 0 Å². The van der Waals surface area contributed by atoms with Crippen molar-refractivity contribution in [3.8, 4) is 5.75 Å². The van der Waals surface area contributed by atoms with Crippen LogP contribution in [0.3, 0.4) is 0 Å². The second-order valence-electron chi connectivity index (χ2n) is 3.74. The van der Waals surface area contributed by atoms with Crippen LogP contribution in [-0.2, 0) is 0 Å². The minimum absolute atomic E-state index is 0.387. The van der Waals surface area contributed by atoms with Crippen molar-refractivity contribution in [1.82, 2.24) is 0 Å². The Kier molecular flexibility index (Phi) is 3.37. The van der Waals surface area contributed by atoms with Crippen LogP contribution in [0.5, 0.6) is 5.75 Å². The summed E-state index contributed by atoms with van der Waals surface area (Å²) in [6.45, 7) is 6.45. The highest BCUT2D eigenvalue weighted by atomic mass is 79.9. The Bertz CT molecular complexity index is 294. The number of halogens is 1. The maximum absolute atomic E-state index is 9.63. The standard InChI is InChI=1S/C11H15BrO/c1-7(2)8(3)10-6-9(12)4-5-11(10)13/h4-8,13H,1-3H3. The molecule has 1 nitrogen and oxygen atoms in total. The molecule has 1 unspecified atom stereocenters. The molecule has 1 atom stereocenters. The average molecular weight is 243 g/mol. The van der Waals surface area contributed by atoms with Gasteiger partial charge in [-0.05, 0) is 35.6 Å². The molecule has 0 radical (unpaired) electrons. The van der Waals surface area contributed by atoms with Gasteiger partial charge in [-0.15, -0.1) is 0 Å². The van der Waals surface area contributed by atoms with Crippen molar-refractivity contribution < 1.29 is 5.11 Å². The number of phenolic OH excluding ortho intramolecular Hbond substituents is 1. The Morgan fingerprint density at radius 3 is 2.38 bits per heavy atom. The van der Waals surface area contributed by atoms with Crippen LogP contribution in [-0.4, -0.2) is 5.11 Å². The molecule has 72 valence electrons. The first-order valence-corrected chi connectivity index (χ1v) is 5.30. The molecule has 0 fully saturated rings. The molecule has 2 heteroatoms. The molecule has 0 saturated heterocycles. The van der Waals surface area contributed by atoms with E-state index in [4.69, 9.17) is 0 Å².